The number of hydrogen-bond acceptors (Lipinski definition) is 8. The SMILES string of the molecule is O=C(CN1CCN(c2cc(Cl)nc(C3CC3)n2)CC1)Nc1nncs1. The van der Waals surface area contributed by atoms with Crippen LogP contribution in [0.3, 0.4) is 0 Å². The lowest BCUT2D eigenvalue weighted by Crippen LogP contribution is -2.49. The maximum Gasteiger partial charge on any atom is 0.240 e. The van der Waals surface area contributed by atoms with Crippen LogP contribution in [0, 0.1) is 0 Å². The van der Waals surface area contributed by atoms with E-state index in [-0.39, 0.29) is 5.91 Å². The van der Waals surface area contributed by atoms with Gasteiger partial charge in [-0.15, -0.1) is 10.2 Å². The Hall–Kier alpha value is -1.84. The van der Waals surface area contributed by atoms with Crippen molar-refractivity contribution in [1.29, 1.82) is 0 Å². The number of amides is 1. The van der Waals surface area contributed by atoms with Gasteiger partial charge in [-0.05, 0) is 12.8 Å². The molecule has 2 aliphatic rings. The van der Waals surface area contributed by atoms with E-state index in [2.05, 4.69) is 35.3 Å². The molecule has 1 saturated heterocycles. The molecule has 132 valence electrons. The molecule has 0 spiro atoms. The summed E-state index contributed by atoms with van der Waals surface area (Å²) in [7, 11) is 0. The summed E-state index contributed by atoms with van der Waals surface area (Å²) in [6, 6.07) is 1.82. The van der Waals surface area contributed by atoms with Gasteiger partial charge in [0.15, 0.2) is 0 Å². The van der Waals surface area contributed by atoms with Crippen LogP contribution in [0.5, 0.6) is 0 Å². The molecular formula is C15H18ClN7OS. The van der Waals surface area contributed by atoms with Crippen LogP contribution in [0.15, 0.2) is 11.6 Å². The average Bonchev–Trinajstić information content (AvgIpc) is 3.33. The van der Waals surface area contributed by atoms with E-state index in [4.69, 9.17) is 11.6 Å². The number of hydrogen-bond donors (Lipinski definition) is 1. The van der Waals surface area contributed by atoms with E-state index in [9.17, 15) is 4.79 Å². The first kappa shape index (κ1) is 16.6. The third kappa shape index (κ3) is 4.23. The predicted molar refractivity (Wildman–Crippen MR) is 96.2 cm³/mol. The summed E-state index contributed by atoms with van der Waals surface area (Å²) in [5.74, 6) is 2.16. The summed E-state index contributed by atoms with van der Waals surface area (Å²) in [5, 5.41) is 11.3. The van der Waals surface area contributed by atoms with E-state index in [1.54, 1.807) is 5.51 Å². The molecule has 0 bridgehead atoms. The van der Waals surface area contributed by atoms with Crippen LogP contribution in [0.2, 0.25) is 5.15 Å². The first-order chi connectivity index (χ1) is 12.2. The zero-order chi connectivity index (χ0) is 17.2. The van der Waals surface area contributed by atoms with Gasteiger partial charge >= 0.3 is 0 Å². The third-order valence-corrected chi connectivity index (χ3v) is 5.11. The summed E-state index contributed by atoms with van der Waals surface area (Å²) in [4.78, 5) is 25.4. The van der Waals surface area contributed by atoms with Gasteiger partial charge in [0.25, 0.3) is 0 Å². The van der Waals surface area contributed by atoms with Gasteiger partial charge in [-0.25, -0.2) is 9.97 Å². The number of nitrogens with zero attached hydrogens (tertiary/aromatic N) is 6. The van der Waals surface area contributed by atoms with Crippen molar-refractivity contribution in [3.63, 3.8) is 0 Å². The number of halogens is 1. The summed E-state index contributed by atoms with van der Waals surface area (Å²) in [6.07, 6.45) is 2.30. The minimum atomic E-state index is -0.0636. The van der Waals surface area contributed by atoms with Crippen molar-refractivity contribution < 1.29 is 4.79 Å². The minimum absolute atomic E-state index is 0.0636. The van der Waals surface area contributed by atoms with E-state index in [0.717, 1.165) is 50.7 Å². The Morgan fingerprint density at radius 3 is 2.76 bits per heavy atom. The van der Waals surface area contributed by atoms with Gasteiger partial charge in [-0.2, -0.15) is 0 Å². The number of carbonyl (C=O) groups excluding carboxylic acids is 1. The van der Waals surface area contributed by atoms with Crippen molar-refractivity contribution in [2.45, 2.75) is 18.8 Å². The molecule has 4 rings (SSSR count). The van der Waals surface area contributed by atoms with Crippen LogP contribution >= 0.6 is 22.9 Å². The molecule has 2 aromatic rings. The fourth-order valence-corrected chi connectivity index (χ4v) is 3.48. The molecular weight excluding hydrogens is 362 g/mol. The molecule has 8 nitrogen and oxygen atoms in total. The van der Waals surface area contributed by atoms with Gasteiger partial charge in [0.1, 0.15) is 22.3 Å². The minimum Gasteiger partial charge on any atom is -0.354 e. The fraction of sp³-hybridized carbons (Fsp3) is 0.533. The second-order valence-corrected chi connectivity index (χ2v) is 7.46. The molecule has 10 heteroatoms. The lowest BCUT2D eigenvalue weighted by Gasteiger charge is -2.35. The molecule has 25 heavy (non-hydrogen) atoms. The van der Waals surface area contributed by atoms with Crippen molar-refractivity contribution in [3.05, 3.63) is 22.6 Å². The molecule has 2 aromatic heterocycles. The summed E-state index contributed by atoms with van der Waals surface area (Å²) >= 11 is 7.47. The lowest BCUT2D eigenvalue weighted by atomic mass is 10.3. The zero-order valence-electron chi connectivity index (χ0n) is 13.6. The highest BCUT2D eigenvalue weighted by atomic mass is 35.5. The molecule has 1 amide bonds. The number of carbonyl (C=O) groups is 1. The van der Waals surface area contributed by atoms with Crippen LogP contribution in [0.25, 0.3) is 0 Å². The lowest BCUT2D eigenvalue weighted by molar-refractivity contribution is -0.117. The first-order valence-electron chi connectivity index (χ1n) is 8.25. The van der Waals surface area contributed by atoms with Crippen molar-refractivity contribution in [3.8, 4) is 0 Å². The number of aromatic nitrogens is 4. The zero-order valence-corrected chi connectivity index (χ0v) is 15.1. The van der Waals surface area contributed by atoms with Gasteiger partial charge in [-0.3, -0.25) is 15.0 Å². The largest absolute Gasteiger partial charge is 0.354 e. The Labute approximate surface area is 154 Å². The van der Waals surface area contributed by atoms with Crippen molar-refractivity contribution in [2.75, 3.05) is 42.9 Å². The Balaban J connectivity index is 1.31. The summed E-state index contributed by atoms with van der Waals surface area (Å²) in [6.45, 7) is 3.56. The summed E-state index contributed by atoms with van der Waals surface area (Å²) < 4.78 is 0. The van der Waals surface area contributed by atoms with E-state index in [0.29, 0.717) is 22.7 Å². The smallest absolute Gasteiger partial charge is 0.240 e. The van der Waals surface area contributed by atoms with Gasteiger partial charge in [-0.1, -0.05) is 22.9 Å². The van der Waals surface area contributed by atoms with Crippen molar-refractivity contribution in [2.24, 2.45) is 0 Å². The first-order valence-corrected chi connectivity index (χ1v) is 9.51. The quantitative estimate of drug-likeness (QED) is 0.790. The molecule has 1 aliphatic heterocycles. The molecule has 1 N–H and O–H groups in total. The number of anilines is 2. The Morgan fingerprint density at radius 1 is 1.28 bits per heavy atom. The Morgan fingerprint density at radius 2 is 2.08 bits per heavy atom. The van der Waals surface area contributed by atoms with Crippen LogP contribution in [-0.4, -0.2) is 63.7 Å². The second-order valence-electron chi connectivity index (χ2n) is 6.24. The third-order valence-electron chi connectivity index (χ3n) is 4.31. The maximum absolute atomic E-state index is 12.0. The van der Waals surface area contributed by atoms with Gasteiger partial charge in [0.2, 0.25) is 11.0 Å². The summed E-state index contributed by atoms with van der Waals surface area (Å²) in [5.41, 5.74) is 1.59. The van der Waals surface area contributed by atoms with Crippen molar-refractivity contribution >= 4 is 39.8 Å². The van der Waals surface area contributed by atoms with Crippen LogP contribution in [0.1, 0.15) is 24.6 Å². The number of nitrogens with one attached hydrogen (secondary N) is 1. The molecule has 1 saturated carbocycles. The molecule has 0 aromatic carbocycles. The number of rotatable bonds is 5. The molecule has 0 atom stereocenters. The van der Waals surface area contributed by atoms with Crippen molar-refractivity contribution in [1.82, 2.24) is 25.1 Å². The Bertz CT molecular complexity index is 744. The monoisotopic (exact) mass is 379 g/mol. The van der Waals surface area contributed by atoms with Crippen LogP contribution in [0.4, 0.5) is 10.9 Å². The van der Waals surface area contributed by atoms with E-state index in [1.807, 2.05) is 6.07 Å². The highest BCUT2D eigenvalue weighted by Crippen LogP contribution is 2.39. The average molecular weight is 380 g/mol. The molecule has 3 heterocycles. The van der Waals surface area contributed by atoms with Gasteiger partial charge < -0.3 is 4.90 Å². The van der Waals surface area contributed by atoms with Crippen LogP contribution < -0.4 is 10.2 Å². The van der Waals surface area contributed by atoms with Crippen LogP contribution in [-0.2, 0) is 4.79 Å². The number of piperazine rings is 1. The Kier molecular flexibility index (Phi) is 4.78. The molecule has 0 unspecified atom stereocenters. The highest BCUT2D eigenvalue weighted by Gasteiger charge is 2.28. The molecule has 1 aliphatic carbocycles. The normalized spacial score (nSPS) is 18.4. The second kappa shape index (κ2) is 7.19. The standard InChI is InChI=1S/C15H18ClN7OS/c16-11-7-12(19-14(18-11)10-1-2-10)23-5-3-22(4-6-23)8-13(24)20-15-21-17-9-25-15/h7,9-10H,1-6,8H2,(H,20,21,24). The van der Waals surface area contributed by atoms with Gasteiger partial charge in [0.05, 0.1) is 6.54 Å². The highest BCUT2D eigenvalue weighted by molar-refractivity contribution is 7.13. The molecule has 0 radical (unpaired) electrons. The predicted octanol–water partition coefficient (Wildman–Crippen LogP) is 1.62. The fourth-order valence-electron chi connectivity index (χ4n) is 2.83. The van der Waals surface area contributed by atoms with E-state index >= 15 is 0 Å². The molecule has 2 fully saturated rings. The topological polar surface area (TPSA) is 87.1 Å². The van der Waals surface area contributed by atoms with E-state index < -0.39 is 0 Å². The van der Waals surface area contributed by atoms with E-state index in [1.165, 1.54) is 11.3 Å². The van der Waals surface area contributed by atoms with Gasteiger partial charge in [0, 0.05) is 38.2 Å². The maximum atomic E-state index is 12.0.